The van der Waals surface area contributed by atoms with E-state index in [2.05, 4.69) is 0 Å². The number of likely N-dealkylation sites (tertiary alicyclic amines) is 1. The largest absolute Gasteiger partial charge is 0.481 e. The van der Waals surface area contributed by atoms with E-state index in [-0.39, 0.29) is 12.3 Å². The van der Waals surface area contributed by atoms with Gasteiger partial charge >= 0.3 is 5.97 Å². The predicted molar refractivity (Wildman–Crippen MR) is 201 cm³/mol. The molecule has 8 heteroatoms. The summed E-state index contributed by atoms with van der Waals surface area (Å²) in [6.45, 7) is 13.2. The van der Waals surface area contributed by atoms with Crippen LogP contribution in [0.4, 0.5) is 5.69 Å². The number of aliphatic hydroxyl groups is 1. The molecular formula is C41H50N2O5S. The van der Waals surface area contributed by atoms with E-state index >= 15 is 0 Å². The summed E-state index contributed by atoms with van der Waals surface area (Å²) in [6, 6.07) is 26.0. The summed E-state index contributed by atoms with van der Waals surface area (Å²) in [5.74, 6) is -0.852. The summed E-state index contributed by atoms with van der Waals surface area (Å²) in [5, 5.41) is 18.3. The number of carbonyl (C=O) groups is 2. The number of hydrogen-bond acceptors (Lipinski definition) is 4. The number of carboxylic acid groups (broad SMARTS) is 1. The van der Waals surface area contributed by atoms with E-state index < -0.39 is 22.6 Å². The van der Waals surface area contributed by atoms with Crippen LogP contribution in [0.5, 0.6) is 0 Å². The number of hydrogen-bond donors (Lipinski definition) is 2. The van der Waals surface area contributed by atoms with Crippen LogP contribution in [0.2, 0.25) is 0 Å². The summed E-state index contributed by atoms with van der Waals surface area (Å²) >= 11 is 0. The Bertz CT molecular complexity index is 1760. The number of fused-ring (bicyclic) bond motifs is 3. The van der Waals surface area contributed by atoms with E-state index in [4.69, 9.17) is 5.11 Å². The van der Waals surface area contributed by atoms with Gasteiger partial charge in [-0.25, -0.2) is 4.21 Å². The maximum absolute atomic E-state index is 13.3. The quantitative estimate of drug-likeness (QED) is 0.221. The number of rotatable bonds is 5. The molecule has 0 spiro atoms. The van der Waals surface area contributed by atoms with Gasteiger partial charge in [0.1, 0.15) is 11.0 Å². The first kappa shape index (κ1) is 37.5. The second-order valence-electron chi connectivity index (χ2n) is 13.8. The normalized spacial score (nSPS) is 14.3. The van der Waals surface area contributed by atoms with Crippen LogP contribution in [-0.2, 0) is 28.7 Å². The second kappa shape index (κ2) is 16.4. The Hall–Kier alpha value is -4.27. The fourth-order valence-corrected chi connectivity index (χ4v) is 7.20. The molecule has 1 atom stereocenters. The number of piperidine rings is 1. The van der Waals surface area contributed by atoms with Crippen molar-refractivity contribution in [2.45, 2.75) is 79.4 Å². The van der Waals surface area contributed by atoms with Gasteiger partial charge in [0, 0.05) is 30.5 Å². The van der Waals surface area contributed by atoms with Crippen molar-refractivity contribution in [2.75, 3.05) is 23.7 Å². The molecule has 49 heavy (non-hydrogen) atoms. The minimum atomic E-state index is -1.35. The number of nitrogens with zero attached hydrogens (tertiary/aromatic N) is 2. The number of aryl methyl sites for hydroxylation is 1. The highest BCUT2D eigenvalue weighted by Crippen LogP contribution is 2.49. The standard InChI is InChI=1S/C31H34N2O4S.C6H6.C4H10O/c1-19-8-10-22(11-9-19)28-21(3)29-25-13-12-23(31(36)32-14-6-5-7-15-32)16-24(25)18-33(38(4)37)30(29)20(2)26(28)17-27(34)35;1-2-4-6-5-3-1;1-4(2,3)5/h8-13,16H,5-7,14-15,17-18H2,1-4H3,(H,34,35);1-6H;5H,1-3H3. The van der Waals surface area contributed by atoms with Crippen molar-refractivity contribution in [3.63, 3.8) is 0 Å². The van der Waals surface area contributed by atoms with Crippen LogP contribution in [-0.4, -0.2) is 56.1 Å². The number of carbonyl (C=O) groups excluding carboxylic acids is 1. The first-order valence-electron chi connectivity index (χ1n) is 16.9. The smallest absolute Gasteiger partial charge is 0.307 e. The number of benzene rings is 4. The van der Waals surface area contributed by atoms with Crippen LogP contribution in [0, 0.1) is 20.8 Å². The van der Waals surface area contributed by atoms with Crippen molar-refractivity contribution in [3.05, 3.63) is 112 Å². The van der Waals surface area contributed by atoms with Crippen molar-refractivity contribution in [1.29, 1.82) is 0 Å². The van der Waals surface area contributed by atoms with Crippen LogP contribution in [0.25, 0.3) is 22.3 Å². The van der Waals surface area contributed by atoms with Crippen LogP contribution < -0.4 is 4.31 Å². The van der Waals surface area contributed by atoms with E-state index in [1.165, 1.54) is 0 Å². The molecule has 0 radical (unpaired) electrons. The second-order valence-corrected chi connectivity index (χ2v) is 15.1. The zero-order chi connectivity index (χ0) is 35.9. The molecule has 6 rings (SSSR count). The Morgan fingerprint density at radius 3 is 1.88 bits per heavy atom. The summed E-state index contributed by atoms with van der Waals surface area (Å²) in [7, 11) is -1.35. The maximum Gasteiger partial charge on any atom is 0.307 e. The first-order chi connectivity index (χ1) is 23.2. The first-order valence-corrected chi connectivity index (χ1v) is 18.4. The number of carboxylic acids is 1. The fourth-order valence-electron chi connectivity index (χ4n) is 6.39. The average molecular weight is 683 g/mol. The molecule has 7 nitrogen and oxygen atoms in total. The Labute approximate surface area is 294 Å². The summed E-state index contributed by atoms with van der Waals surface area (Å²) in [6.07, 6.45) is 4.76. The highest BCUT2D eigenvalue weighted by atomic mass is 32.2. The highest BCUT2D eigenvalue weighted by molar-refractivity contribution is 7.85. The Balaban J connectivity index is 0.000000421. The monoisotopic (exact) mass is 682 g/mol. The maximum atomic E-state index is 13.3. The molecule has 0 aromatic heterocycles. The number of amides is 1. The topological polar surface area (TPSA) is 98.1 Å². The van der Waals surface area contributed by atoms with E-state index in [0.717, 1.165) is 88.1 Å². The van der Waals surface area contributed by atoms with Gasteiger partial charge in [0.15, 0.2) is 0 Å². The molecule has 260 valence electrons. The van der Waals surface area contributed by atoms with E-state index in [1.807, 2.05) is 109 Å². The third-order valence-corrected chi connectivity index (χ3v) is 9.50. The van der Waals surface area contributed by atoms with E-state index in [1.54, 1.807) is 27.0 Å². The lowest BCUT2D eigenvalue weighted by Gasteiger charge is -2.36. The van der Waals surface area contributed by atoms with Gasteiger partial charge in [-0.2, -0.15) is 0 Å². The van der Waals surface area contributed by atoms with Gasteiger partial charge in [-0.05, 0) is 112 Å². The molecule has 2 aliphatic heterocycles. The van der Waals surface area contributed by atoms with Crippen molar-refractivity contribution >= 4 is 28.5 Å². The van der Waals surface area contributed by atoms with Crippen molar-refractivity contribution in [3.8, 4) is 22.3 Å². The molecule has 1 amide bonds. The van der Waals surface area contributed by atoms with Gasteiger partial charge in [0.25, 0.3) is 5.91 Å². The van der Waals surface area contributed by atoms with Crippen molar-refractivity contribution in [2.24, 2.45) is 0 Å². The molecule has 1 fully saturated rings. The van der Waals surface area contributed by atoms with Crippen molar-refractivity contribution in [1.82, 2.24) is 4.90 Å². The van der Waals surface area contributed by atoms with Crippen LogP contribution in [0.1, 0.15) is 78.2 Å². The van der Waals surface area contributed by atoms with E-state index in [0.29, 0.717) is 12.1 Å². The van der Waals surface area contributed by atoms with Gasteiger partial charge in [0.2, 0.25) is 0 Å². The number of anilines is 1. The molecule has 0 aliphatic carbocycles. The van der Waals surface area contributed by atoms with Gasteiger partial charge in [-0.15, -0.1) is 0 Å². The molecule has 2 aliphatic rings. The molecular weight excluding hydrogens is 633 g/mol. The third-order valence-electron chi connectivity index (χ3n) is 8.57. The minimum absolute atomic E-state index is 0.0486. The van der Waals surface area contributed by atoms with Gasteiger partial charge in [-0.3, -0.25) is 13.9 Å². The molecule has 1 saturated heterocycles. The zero-order valence-electron chi connectivity index (χ0n) is 29.9. The van der Waals surface area contributed by atoms with Gasteiger partial charge < -0.3 is 15.1 Å². The molecule has 0 bridgehead atoms. The summed E-state index contributed by atoms with van der Waals surface area (Å²) < 4.78 is 14.9. The SMILES string of the molecule is CC(C)(C)O.Cc1ccc(-c2c(C)c3c(c(C)c2CC(=O)O)N(S(C)=O)Cc2cc(C(=O)N4CCCCC4)ccc2-3)cc1.c1ccccc1. The van der Waals surface area contributed by atoms with Gasteiger partial charge in [-0.1, -0.05) is 72.3 Å². The molecule has 0 saturated carbocycles. The van der Waals surface area contributed by atoms with Gasteiger partial charge in [0.05, 0.1) is 24.3 Å². The lowest BCUT2D eigenvalue weighted by molar-refractivity contribution is -0.136. The lowest BCUT2D eigenvalue weighted by Crippen LogP contribution is -2.36. The average Bonchev–Trinajstić information content (AvgIpc) is 3.07. The Morgan fingerprint density at radius 1 is 0.816 bits per heavy atom. The van der Waals surface area contributed by atoms with Crippen LogP contribution >= 0.6 is 0 Å². The minimum Gasteiger partial charge on any atom is -0.481 e. The Kier molecular flexibility index (Phi) is 12.6. The molecule has 2 heterocycles. The molecule has 1 unspecified atom stereocenters. The third kappa shape index (κ3) is 9.67. The summed E-state index contributed by atoms with van der Waals surface area (Å²) in [4.78, 5) is 27.2. The molecule has 4 aromatic carbocycles. The van der Waals surface area contributed by atoms with Crippen molar-refractivity contribution < 1.29 is 24.0 Å². The highest BCUT2D eigenvalue weighted by Gasteiger charge is 2.32. The van der Waals surface area contributed by atoms with Crippen LogP contribution in [0.15, 0.2) is 78.9 Å². The van der Waals surface area contributed by atoms with E-state index in [9.17, 15) is 18.9 Å². The zero-order valence-corrected chi connectivity index (χ0v) is 30.7. The summed E-state index contributed by atoms with van der Waals surface area (Å²) in [5.41, 5.74) is 9.43. The van der Waals surface area contributed by atoms with Crippen LogP contribution in [0.3, 0.4) is 0 Å². The Morgan fingerprint density at radius 2 is 1.37 bits per heavy atom. The fraction of sp³-hybridized carbons (Fsp3) is 0.366. The molecule has 4 aromatic rings. The lowest BCUT2D eigenvalue weighted by atomic mass is 9.80. The molecule has 2 N–H and O–H groups in total. The number of aliphatic carboxylic acids is 1. The predicted octanol–water partition coefficient (Wildman–Crippen LogP) is 8.28.